The molecule has 6 rings (SSSR count). The molecule has 0 unspecified atom stereocenters. The second-order valence-corrected chi connectivity index (χ2v) is 11.8. The van der Waals surface area contributed by atoms with Gasteiger partial charge in [-0.1, -0.05) is 18.2 Å². The number of anilines is 2. The van der Waals surface area contributed by atoms with Gasteiger partial charge in [-0.2, -0.15) is 0 Å². The zero-order chi connectivity index (χ0) is 33.0. The highest BCUT2D eigenvalue weighted by Crippen LogP contribution is 2.42. The quantitative estimate of drug-likeness (QED) is 0.352. The van der Waals surface area contributed by atoms with Crippen LogP contribution in [0.3, 0.4) is 0 Å². The molecule has 250 valence electrons. The van der Waals surface area contributed by atoms with E-state index < -0.39 is 6.97 Å². The molecule has 0 N–H and O–H groups in total. The maximum Gasteiger partial charge on any atom is 0.737 e. The first-order valence-electron chi connectivity index (χ1n) is 16.2. The van der Waals surface area contributed by atoms with Crippen LogP contribution in [-0.4, -0.2) is 102 Å². The zero-order valence-corrected chi connectivity index (χ0v) is 27.6. The van der Waals surface area contributed by atoms with Crippen LogP contribution in [0, 0.1) is 6.92 Å². The first kappa shape index (κ1) is 32.8. The fourth-order valence-electron chi connectivity index (χ4n) is 6.69. The van der Waals surface area contributed by atoms with Gasteiger partial charge in [-0.15, -0.1) is 0 Å². The monoisotopic (exact) mass is 648 g/mol. The summed E-state index contributed by atoms with van der Waals surface area (Å²) in [6.07, 6.45) is 3.53. The van der Waals surface area contributed by atoms with Crippen molar-refractivity contribution in [2.75, 3.05) is 89.8 Å². The maximum atomic E-state index is 15.8. The Morgan fingerprint density at radius 1 is 0.702 bits per heavy atom. The van der Waals surface area contributed by atoms with Crippen molar-refractivity contribution < 1.29 is 36.8 Å². The smallest absolute Gasteiger partial charge is 0.495 e. The fraction of sp³-hybridized carbons (Fsp3) is 0.400. The number of fused-ring (bicyclic) bond motifs is 2. The van der Waals surface area contributed by atoms with Crippen molar-refractivity contribution >= 4 is 29.6 Å². The highest BCUT2D eigenvalue weighted by Gasteiger charge is 2.53. The number of hydrogen-bond donors (Lipinski definition) is 0. The molecule has 0 atom stereocenters. The van der Waals surface area contributed by atoms with Crippen LogP contribution in [0.4, 0.5) is 20.0 Å². The Morgan fingerprint density at radius 3 is 1.94 bits per heavy atom. The molecule has 3 aliphatic rings. The maximum absolute atomic E-state index is 15.8. The minimum Gasteiger partial charge on any atom is -0.495 e. The third-order valence-electron chi connectivity index (χ3n) is 9.01. The number of para-hydroxylation sites is 2. The highest BCUT2D eigenvalue weighted by atomic mass is 19.2. The Labute approximate surface area is 275 Å². The van der Waals surface area contributed by atoms with E-state index in [1.807, 2.05) is 42.5 Å². The minimum atomic E-state index is -4.01. The molecule has 47 heavy (non-hydrogen) atoms. The van der Waals surface area contributed by atoms with Gasteiger partial charge < -0.3 is 51.1 Å². The fourth-order valence-corrected chi connectivity index (χ4v) is 6.69. The van der Waals surface area contributed by atoms with Crippen molar-refractivity contribution in [2.45, 2.75) is 13.8 Å². The van der Waals surface area contributed by atoms with Gasteiger partial charge in [0.15, 0.2) is 5.70 Å². The molecule has 2 aromatic carbocycles. The lowest BCUT2D eigenvalue weighted by atomic mass is 9.85. The van der Waals surface area contributed by atoms with E-state index in [0.29, 0.717) is 94.4 Å². The number of rotatable bonds is 5. The summed E-state index contributed by atoms with van der Waals surface area (Å²) in [6.45, 7) is 5.09. The summed E-state index contributed by atoms with van der Waals surface area (Å²) in [5, 5.41) is 0. The van der Waals surface area contributed by atoms with Crippen LogP contribution in [0.2, 0.25) is 0 Å². The third-order valence-corrected chi connectivity index (χ3v) is 9.01. The molecule has 1 fully saturated rings. The number of ether oxygens (including phenoxy) is 5. The van der Waals surface area contributed by atoms with Gasteiger partial charge in [-0.3, -0.25) is 0 Å². The molecule has 3 aromatic rings. The molecule has 0 spiro atoms. The summed E-state index contributed by atoms with van der Waals surface area (Å²) < 4.78 is 63.5. The number of allylic oxidation sites excluding steroid dienone is 2. The molecule has 4 heterocycles. The average Bonchev–Trinajstić information content (AvgIpc) is 3.66. The van der Waals surface area contributed by atoms with Gasteiger partial charge in [0.2, 0.25) is 0 Å². The topological polar surface area (TPSA) is 60.6 Å². The summed E-state index contributed by atoms with van der Waals surface area (Å²) in [6, 6.07) is 17.4. The van der Waals surface area contributed by atoms with Crippen LogP contribution in [0.5, 0.6) is 11.5 Å². The lowest BCUT2D eigenvalue weighted by molar-refractivity contribution is -0.362. The van der Waals surface area contributed by atoms with E-state index in [0.717, 1.165) is 28.3 Å². The van der Waals surface area contributed by atoms with Crippen molar-refractivity contribution in [3.05, 3.63) is 89.4 Å². The van der Waals surface area contributed by atoms with E-state index in [1.165, 1.54) is 8.96 Å². The second-order valence-electron chi connectivity index (χ2n) is 11.8. The molecule has 3 aliphatic heterocycles. The summed E-state index contributed by atoms with van der Waals surface area (Å²) in [5.41, 5.74) is 5.44. The molecule has 9 nitrogen and oxygen atoms in total. The van der Waals surface area contributed by atoms with E-state index in [4.69, 9.17) is 23.7 Å². The Hall–Kier alpha value is -4.13. The van der Waals surface area contributed by atoms with E-state index in [9.17, 15) is 0 Å². The van der Waals surface area contributed by atoms with Gasteiger partial charge in [0, 0.05) is 50.9 Å². The number of methoxy groups -OCH3 is 2. The molecule has 12 heteroatoms. The van der Waals surface area contributed by atoms with Crippen molar-refractivity contribution in [1.82, 2.24) is 4.48 Å². The van der Waals surface area contributed by atoms with Crippen molar-refractivity contribution in [3.63, 3.8) is 0 Å². The second kappa shape index (κ2) is 14.3. The standard InChI is InChI=1S/C35H43BF2N4O5/c1-26-9-12-31-35(32-13-10-27(2)42(32)36(37,38)41(26)31)28-11-14-30(34(25-28)44-4)40-16-20-45-19-15-39(17-21-46-23-24-47-22-18-40)29-7-5-6-8-33(29)43-3/h5-14,25H,15-24H2,1-4H3. The summed E-state index contributed by atoms with van der Waals surface area (Å²) in [4.78, 5) is 4.40. The summed E-state index contributed by atoms with van der Waals surface area (Å²) >= 11 is 0. The van der Waals surface area contributed by atoms with Crippen LogP contribution in [0.1, 0.15) is 23.9 Å². The molecule has 1 saturated heterocycles. The van der Waals surface area contributed by atoms with Gasteiger partial charge in [0.05, 0.1) is 70.8 Å². The van der Waals surface area contributed by atoms with Crippen LogP contribution in [0.25, 0.3) is 5.57 Å². The SMILES string of the molecule is COc1ccccc1N1CCOCCOCCN(c2ccc(C3=C4C=CC(C)=[N+]4[B-](F)(F)n4c(C)ccc43)cc2OC)CCOCC1. The zero-order valence-electron chi connectivity index (χ0n) is 27.6. The van der Waals surface area contributed by atoms with E-state index >= 15 is 8.63 Å². The summed E-state index contributed by atoms with van der Waals surface area (Å²) in [5.74, 6) is 1.45. The van der Waals surface area contributed by atoms with E-state index in [-0.39, 0.29) is 0 Å². The summed E-state index contributed by atoms with van der Waals surface area (Å²) in [7, 11) is 3.31. The largest absolute Gasteiger partial charge is 0.737 e. The van der Waals surface area contributed by atoms with Gasteiger partial charge in [0.25, 0.3) is 0 Å². The third kappa shape index (κ3) is 6.54. The van der Waals surface area contributed by atoms with Gasteiger partial charge in [0.1, 0.15) is 17.2 Å². The normalized spacial score (nSPS) is 19.3. The Bertz CT molecular complexity index is 1690. The highest BCUT2D eigenvalue weighted by molar-refractivity contribution is 6.58. The molecule has 0 radical (unpaired) electrons. The number of benzene rings is 2. The minimum absolute atomic E-state index is 0.484. The molecular weight excluding hydrogens is 605 g/mol. The average molecular weight is 649 g/mol. The van der Waals surface area contributed by atoms with Gasteiger partial charge >= 0.3 is 6.97 Å². The number of nitrogens with zero attached hydrogens (tertiary/aromatic N) is 4. The molecule has 0 amide bonds. The lowest BCUT2D eigenvalue weighted by Gasteiger charge is -2.33. The van der Waals surface area contributed by atoms with E-state index in [2.05, 4.69) is 9.80 Å². The van der Waals surface area contributed by atoms with Crippen molar-refractivity contribution in [3.8, 4) is 11.5 Å². The predicted octanol–water partition coefficient (Wildman–Crippen LogP) is 5.23. The molecule has 0 saturated carbocycles. The number of halogens is 2. The predicted molar refractivity (Wildman–Crippen MR) is 182 cm³/mol. The van der Waals surface area contributed by atoms with Crippen molar-refractivity contribution in [2.24, 2.45) is 0 Å². The van der Waals surface area contributed by atoms with Gasteiger partial charge in [-0.05, 0) is 54.6 Å². The molecular formula is C35H43BF2N4O5. The Balaban J connectivity index is 1.24. The first-order valence-corrected chi connectivity index (χ1v) is 16.2. The first-order chi connectivity index (χ1) is 22.8. The molecule has 0 bridgehead atoms. The number of aryl methyl sites for hydroxylation is 1. The van der Waals surface area contributed by atoms with Crippen LogP contribution < -0.4 is 19.3 Å². The lowest BCUT2D eigenvalue weighted by Crippen LogP contribution is -2.51. The van der Waals surface area contributed by atoms with Crippen LogP contribution >= 0.6 is 0 Å². The van der Waals surface area contributed by atoms with E-state index in [1.54, 1.807) is 52.4 Å². The number of aromatic nitrogens is 1. The Morgan fingerprint density at radius 2 is 1.30 bits per heavy atom. The van der Waals surface area contributed by atoms with Crippen LogP contribution in [0.15, 0.2) is 72.4 Å². The molecule has 1 aromatic heterocycles. The Kier molecular flexibility index (Phi) is 10.0. The van der Waals surface area contributed by atoms with Crippen LogP contribution in [-0.2, 0) is 14.2 Å². The van der Waals surface area contributed by atoms with Crippen molar-refractivity contribution in [1.29, 1.82) is 0 Å². The molecule has 0 aliphatic carbocycles. The van der Waals surface area contributed by atoms with Gasteiger partial charge in [-0.25, -0.2) is 0 Å². The number of hydrogen-bond acceptors (Lipinski definition) is 7.